The highest BCUT2D eigenvalue weighted by Crippen LogP contribution is 2.34. The summed E-state index contributed by atoms with van der Waals surface area (Å²) in [5.74, 6) is 0.541. The molecule has 0 atom stereocenters. The van der Waals surface area contributed by atoms with Gasteiger partial charge in [-0.1, -0.05) is 0 Å². The van der Waals surface area contributed by atoms with Gasteiger partial charge >= 0.3 is 0 Å². The zero-order chi connectivity index (χ0) is 13.3. The molecule has 2 aromatic heterocycles. The quantitative estimate of drug-likeness (QED) is 0.848. The van der Waals surface area contributed by atoms with Gasteiger partial charge in [0.05, 0.1) is 23.7 Å². The standard InChI is InChI=1S/C14H17N3O2/c1-19-12-3-2-11-13(17-12)10(4-7-16-11)14(18)5-8-15-9-6-14/h2-4,7,15,18H,5-6,8-9H2,1H3. The van der Waals surface area contributed by atoms with Crippen molar-refractivity contribution < 1.29 is 9.84 Å². The Kier molecular flexibility index (Phi) is 3.08. The van der Waals surface area contributed by atoms with Gasteiger partial charge in [-0.2, -0.15) is 0 Å². The van der Waals surface area contributed by atoms with Gasteiger partial charge in [0.15, 0.2) is 0 Å². The van der Waals surface area contributed by atoms with Crippen molar-refractivity contribution in [3.8, 4) is 5.88 Å². The van der Waals surface area contributed by atoms with Crippen molar-refractivity contribution in [3.05, 3.63) is 30.0 Å². The summed E-state index contributed by atoms with van der Waals surface area (Å²) in [5, 5.41) is 14.1. The van der Waals surface area contributed by atoms with E-state index in [0.717, 1.165) is 29.7 Å². The Balaban J connectivity index is 2.16. The summed E-state index contributed by atoms with van der Waals surface area (Å²) >= 11 is 0. The maximum Gasteiger partial charge on any atom is 0.213 e. The van der Waals surface area contributed by atoms with Crippen molar-refractivity contribution in [2.24, 2.45) is 0 Å². The molecule has 0 saturated carbocycles. The first-order chi connectivity index (χ1) is 9.23. The van der Waals surface area contributed by atoms with Crippen molar-refractivity contribution in [2.45, 2.75) is 18.4 Å². The Labute approximate surface area is 111 Å². The van der Waals surface area contributed by atoms with E-state index in [1.165, 1.54) is 0 Å². The number of hydrogen-bond donors (Lipinski definition) is 2. The Morgan fingerprint density at radius 2 is 2.05 bits per heavy atom. The molecule has 0 unspecified atom stereocenters. The number of nitrogens with zero attached hydrogens (tertiary/aromatic N) is 2. The number of ether oxygens (including phenoxy) is 1. The summed E-state index contributed by atoms with van der Waals surface area (Å²) in [5.41, 5.74) is 1.53. The second kappa shape index (κ2) is 4.75. The highest BCUT2D eigenvalue weighted by Gasteiger charge is 2.33. The minimum atomic E-state index is -0.828. The smallest absolute Gasteiger partial charge is 0.213 e. The van der Waals surface area contributed by atoms with Gasteiger partial charge in [0.1, 0.15) is 0 Å². The third-order valence-electron chi connectivity index (χ3n) is 3.70. The van der Waals surface area contributed by atoms with E-state index >= 15 is 0 Å². The average molecular weight is 259 g/mol. The van der Waals surface area contributed by atoms with Crippen LogP contribution in [0.4, 0.5) is 0 Å². The third-order valence-corrected chi connectivity index (χ3v) is 3.70. The average Bonchev–Trinajstić information content (AvgIpc) is 2.46. The van der Waals surface area contributed by atoms with Gasteiger partial charge in [-0.15, -0.1) is 0 Å². The van der Waals surface area contributed by atoms with Crippen molar-refractivity contribution in [1.29, 1.82) is 0 Å². The fourth-order valence-corrected chi connectivity index (χ4v) is 2.61. The Hall–Kier alpha value is -1.72. The molecule has 100 valence electrons. The largest absolute Gasteiger partial charge is 0.481 e. The highest BCUT2D eigenvalue weighted by molar-refractivity contribution is 5.79. The molecule has 0 amide bonds. The van der Waals surface area contributed by atoms with E-state index in [-0.39, 0.29) is 0 Å². The lowest BCUT2D eigenvalue weighted by molar-refractivity contribution is 0.00712. The van der Waals surface area contributed by atoms with Crippen LogP contribution in [-0.4, -0.2) is 35.3 Å². The Morgan fingerprint density at radius 3 is 2.79 bits per heavy atom. The second-order valence-electron chi connectivity index (χ2n) is 4.86. The van der Waals surface area contributed by atoms with E-state index in [2.05, 4.69) is 15.3 Å². The summed E-state index contributed by atoms with van der Waals surface area (Å²) in [6.07, 6.45) is 3.10. The van der Waals surface area contributed by atoms with Crippen LogP contribution >= 0.6 is 0 Å². The first kappa shape index (κ1) is 12.3. The third kappa shape index (κ3) is 2.15. The first-order valence-electron chi connectivity index (χ1n) is 6.46. The number of methoxy groups -OCH3 is 1. The van der Waals surface area contributed by atoms with Gasteiger partial charge in [-0.05, 0) is 38.1 Å². The molecule has 0 aromatic carbocycles. The zero-order valence-electron chi connectivity index (χ0n) is 10.9. The van der Waals surface area contributed by atoms with Crippen molar-refractivity contribution in [3.63, 3.8) is 0 Å². The van der Waals surface area contributed by atoms with Gasteiger partial charge in [0, 0.05) is 17.8 Å². The number of piperidine rings is 1. The maximum absolute atomic E-state index is 10.9. The van der Waals surface area contributed by atoms with Crippen LogP contribution in [0.25, 0.3) is 11.0 Å². The number of rotatable bonds is 2. The minimum absolute atomic E-state index is 0.541. The molecule has 1 aliphatic heterocycles. The molecular weight excluding hydrogens is 242 g/mol. The summed E-state index contributed by atoms with van der Waals surface area (Å²) in [4.78, 5) is 8.75. The van der Waals surface area contributed by atoms with Crippen molar-refractivity contribution >= 4 is 11.0 Å². The van der Waals surface area contributed by atoms with E-state index < -0.39 is 5.60 Å². The summed E-state index contributed by atoms with van der Waals surface area (Å²) in [6, 6.07) is 5.51. The zero-order valence-corrected chi connectivity index (χ0v) is 10.9. The highest BCUT2D eigenvalue weighted by atomic mass is 16.5. The van der Waals surface area contributed by atoms with Crippen LogP contribution in [0.5, 0.6) is 5.88 Å². The van der Waals surface area contributed by atoms with E-state index in [0.29, 0.717) is 18.7 Å². The molecule has 3 heterocycles. The SMILES string of the molecule is COc1ccc2nccc(C3(O)CCNCC3)c2n1. The molecule has 0 spiro atoms. The molecule has 5 nitrogen and oxygen atoms in total. The van der Waals surface area contributed by atoms with E-state index in [9.17, 15) is 5.11 Å². The van der Waals surface area contributed by atoms with E-state index in [1.807, 2.05) is 12.1 Å². The number of fused-ring (bicyclic) bond motifs is 1. The van der Waals surface area contributed by atoms with Crippen LogP contribution in [0.2, 0.25) is 0 Å². The lowest BCUT2D eigenvalue weighted by Crippen LogP contribution is -2.39. The molecule has 0 bridgehead atoms. The lowest BCUT2D eigenvalue weighted by Gasteiger charge is -2.33. The molecule has 1 fully saturated rings. The summed E-state index contributed by atoms with van der Waals surface area (Å²) in [6.45, 7) is 1.62. The minimum Gasteiger partial charge on any atom is -0.481 e. The van der Waals surface area contributed by atoms with Crippen LogP contribution in [0.1, 0.15) is 18.4 Å². The summed E-state index contributed by atoms with van der Waals surface area (Å²) in [7, 11) is 1.59. The second-order valence-corrected chi connectivity index (χ2v) is 4.86. The Morgan fingerprint density at radius 1 is 1.26 bits per heavy atom. The molecule has 0 radical (unpaired) electrons. The van der Waals surface area contributed by atoms with Crippen molar-refractivity contribution in [2.75, 3.05) is 20.2 Å². The van der Waals surface area contributed by atoms with E-state index in [4.69, 9.17) is 4.74 Å². The number of nitrogens with one attached hydrogen (secondary N) is 1. The van der Waals surface area contributed by atoms with Crippen LogP contribution in [0.15, 0.2) is 24.4 Å². The van der Waals surface area contributed by atoms with Gasteiger partial charge < -0.3 is 15.2 Å². The topological polar surface area (TPSA) is 67.3 Å². The molecular formula is C14H17N3O2. The van der Waals surface area contributed by atoms with Crippen LogP contribution in [0.3, 0.4) is 0 Å². The van der Waals surface area contributed by atoms with Crippen LogP contribution in [-0.2, 0) is 5.60 Å². The maximum atomic E-state index is 10.9. The molecule has 3 rings (SSSR count). The first-order valence-corrected chi connectivity index (χ1v) is 6.46. The molecule has 19 heavy (non-hydrogen) atoms. The fraction of sp³-hybridized carbons (Fsp3) is 0.429. The number of aliphatic hydroxyl groups is 1. The molecule has 0 aliphatic carbocycles. The van der Waals surface area contributed by atoms with Gasteiger partial charge in [0.25, 0.3) is 0 Å². The Bertz CT molecular complexity index is 594. The van der Waals surface area contributed by atoms with Crippen LogP contribution < -0.4 is 10.1 Å². The number of pyridine rings is 2. The number of hydrogen-bond acceptors (Lipinski definition) is 5. The van der Waals surface area contributed by atoms with Gasteiger partial charge in [0.2, 0.25) is 5.88 Å². The molecule has 1 aliphatic rings. The predicted molar refractivity (Wildman–Crippen MR) is 72.1 cm³/mol. The lowest BCUT2D eigenvalue weighted by atomic mass is 9.85. The fourth-order valence-electron chi connectivity index (χ4n) is 2.61. The molecule has 2 aromatic rings. The predicted octanol–water partition coefficient (Wildman–Crippen LogP) is 1.21. The normalized spacial score (nSPS) is 18.4. The van der Waals surface area contributed by atoms with Gasteiger partial charge in [-0.25, -0.2) is 4.98 Å². The van der Waals surface area contributed by atoms with Crippen LogP contribution in [0, 0.1) is 0 Å². The number of aromatic nitrogens is 2. The van der Waals surface area contributed by atoms with Gasteiger partial charge in [-0.3, -0.25) is 4.98 Å². The van der Waals surface area contributed by atoms with E-state index in [1.54, 1.807) is 19.4 Å². The molecule has 2 N–H and O–H groups in total. The molecule has 5 heteroatoms. The van der Waals surface area contributed by atoms with Crippen molar-refractivity contribution in [1.82, 2.24) is 15.3 Å². The molecule has 1 saturated heterocycles. The summed E-state index contributed by atoms with van der Waals surface area (Å²) < 4.78 is 5.16. The monoisotopic (exact) mass is 259 g/mol.